The van der Waals surface area contributed by atoms with Crippen molar-refractivity contribution in [3.63, 3.8) is 0 Å². The van der Waals surface area contributed by atoms with Gasteiger partial charge in [-0.25, -0.2) is 0 Å². The summed E-state index contributed by atoms with van der Waals surface area (Å²) in [6.07, 6.45) is -14.4. The standard InChI is InChI=1S/C42H68O17/c1-37(2)10-11-42(36(54)55)20(12-37)19-6-7-24-38(3)13-21(46)33(41(17-44,18-45)25(38)8-9-39(24,4)40(19,5)14-26(42)47)59-35-32(53)30(51)28(49)23(58-35)16-56-34-31(52)29(50)27(48)22(15-43)57-34/h6,20-35,43-53H,7-18H2,1-5H3,(H,54,55). The second-order valence-corrected chi connectivity index (χ2v) is 20.7. The fourth-order valence-electron chi connectivity index (χ4n) is 13.8. The minimum atomic E-state index is -1.86. The monoisotopic (exact) mass is 844 g/mol. The molecule has 17 nitrogen and oxygen atoms in total. The number of ether oxygens (including phenoxy) is 4. The summed E-state index contributed by atoms with van der Waals surface area (Å²) in [5.74, 6) is -1.90. The number of carboxylic acid groups (broad SMARTS) is 1. The summed E-state index contributed by atoms with van der Waals surface area (Å²) in [7, 11) is 0. The van der Waals surface area contributed by atoms with E-state index in [1.165, 1.54) is 0 Å². The van der Waals surface area contributed by atoms with Gasteiger partial charge in [-0.2, -0.15) is 0 Å². The van der Waals surface area contributed by atoms with Crippen LogP contribution in [0.15, 0.2) is 11.6 Å². The number of aliphatic carboxylic acids is 1. The van der Waals surface area contributed by atoms with Gasteiger partial charge in [-0.3, -0.25) is 4.79 Å². The van der Waals surface area contributed by atoms with E-state index in [0.29, 0.717) is 38.5 Å². The number of allylic oxidation sites excluding steroid dienone is 2. The molecule has 338 valence electrons. The molecule has 0 radical (unpaired) electrons. The van der Waals surface area contributed by atoms with Crippen LogP contribution in [0, 0.1) is 50.2 Å². The topological polar surface area (TPSA) is 297 Å². The van der Waals surface area contributed by atoms with Crippen LogP contribution in [0.1, 0.15) is 86.0 Å². The number of fused-ring (bicyclic) bond motifs is 7. The molecule has 0 aromatic rings. The van der Waals surface area contributed by atoms with E-state index < -0.39 is 145 Å². The van der Waals surface area contributed by atoms with Gasteiger partial charge in [-0.15, -0.1) is 0 Å². The normalized spacial score (nSPS) is 52.9. The first-order chi connectivity index (χ1) is 27.5. The van der Waals surface area contributed by atoms with Crippen molar-refractivity contribution in [1.82, 2.24) is 0 Å². The summed E-state index contributed by atoms with van der Waals surface area (Å²) in [6.45, 7) is 8.18. The molecule has 17 heteroatoms. The smallest absolute Gasteiger partial charge is 0.312 e. The molecule has 0 spiro atoms. The van der Waals surface area contributed by atoms with Gasteiger partial charge in [0.25, 0.3) is 0 Å². The van der Waals surface area contributed by atoms with Gasteiger partial charge in [0.2, 0.25) is 0 Å². The predicted molar refractivity (Wildman–Crippen MR) is 204 cm³/mol. The van der Waals surface area contributed by atoms with Crippen molar-refractivity contribution in [2.75, 3.05) is 26.4 Å². The second-order valence-electron chi connectivity index (χ2n) is 20.7. The maximum atomic E-state index is 13.1. The molecule has 7 aliphatic rings. The SMILES string of the molecule is CC1(C)CCC2(C(=O)O)C(O)CC3(C)C(=CCC4C5(C)CC(O)C(OC6OC(COC7OC(CO)C(O)C(O)C7O)C(O)C(O)C6O)C(CO)(CO)C5CCC43C)C2C1. The van der Waals surface area contributed by atoms with Crippen molar-refractivity contribution in [2.45, 2.75) is 166 Å². The van der Waals surface area contributed by atoms with Crippen LogP contribution in [0.25, 0.3) is 0 Å². The largest absolute Gasteiger partial charge is 0.481 e. The molecule has 0 aromatic carbocycles. The average molecular weight is 845 g/mol. The van der Waals surface area contributed by atoms with E-state index in [9.17, 15) is 66.1 Å². The number of aliphatic hydroxyl groups is 11. The Morgan fingerprint density at radius 2 is 1.36 bits per heavy atom. The van der Waals surface area contributed by atoms with E-state index in [1.807, 2.05) is 0 Å². The molecule has 6 fully saturated rings. The second kappa shape index (κ2) is 15.7. The Kier molecular flexibility index (Phi) is 12.1. The lowest BCUT2D eigenvalue weighted by atomic mass is 9.33. The minimum Gasteiger partial charge on any atom is -0.481 e. The van der Waals surface area contributed by atoms with Crippen LogP contribution >= 0.6 is 0 Å². The predicted octanol–water partition coefficient (Wildman–Crippen LogP) is -1.23. The third kappa shape index (κ3) is 6.63. The quantitative estimate of drug-likeness (QED) is 0.0956. The third-order valence-electron chi connectivity index (χ3n) is 17.4. The molecule has 20 atom stereocenters. The van der Waals surface area contributed by atoms with Crippen LogP contribution < -0.4 is 0 Å². The Balaban J connectivity index is 1.15. The molecule has 59 heavy (non-hydrogen) atoms. The Morgan fingerprint density at radius 3 is 1.97 bits per heavy atom. The zero-order valence-electron chi connectivity index (χ0n) is 34.7. The maximum absolute atomic E-state index is 13.1. The number of rotatable bonds is 9. The van der Waals surface area contributed by atoms with Gasteiger partial charge in [0, 0.05) is 5.41 Å². The van der Waals surface area contributed by atoms with Crippen molar-refractivity contribution in [3.8, 4) is 0 Å². The summed E-state index contributed by atoms with van der Waals surface area (Å²) in [6, 6.07) is 0. The lowest BCUT2D eigenvalue weighted by Gasteiger charge is -2.72. The van der Waals surface area contributed by atoms with E-state index in [4.69, 9.17) is 18.9 Å². The number of carboxylic acids is 1. The fraction of sp³-hybridized carbons (Fsp3) is 0.929. The third-order valence-corrected chi connectivity index (χ3v) is 17.4. The minimum absolute atomic E-state index is 0.116. The van der Waals surface area contributed by atoms with E-state index >= 15 is 0 Å². The molecule has 4 saturated carbocycles. The van der Waals surface area contributed by atoms with E-state index in [2.05, 4.69) is 40.7 Å². The summed E-state index contributed by atoms with van der Waals surface area (Å²) < 4.78 is 23.2. The summed E-state index contributed by atoms with van der Waals surface area (Å²) >= 11 is 0. The van der Waals surface area contributed by atoms with Gasteiger partial charge >= 0.3 is 5.97 Å². The molecule has 2 aliphatic heterocycles. The Hall–Kier alpha value is -1.39. The van der Waals surface area contributed by atoms with Gasteiger partial charge in [0.15, 0.2) is 12.6 Å². The molecule has 0 bridgehead atoms. The van der Waals surface area contributed by atoms with Crippen molar-refractivity contribution < 1.29 is 85.0 Å². The number of hydrogen-bond acceptors (Lipinski definition) is 16. The number of aliphatic hydroxyl groups excluding tert-OH is 11. The van der Waals surface area contributed by atoms with Crippen molar-refractivity contribution in [2.24, 2.45) is 50.2 Å². The van der Waals surface area contributed by atoms with Crippen LogP contribution in [-0.2, 0) is 23.7 Å². The van der Waals surface area contributed by atoms with Crippen LogP contribution in [0.5, 0.6) is 0 Å². The molecular weight excluding hydrogens is 776 g/mol. The first-order valence-corrected chi connectivity index (χ1v) is 21.3. The van der Waals surface area contributed by atoms with Crippen LogP contribution in [0.3, 0.4) is 0 Å². The molecule has 7 rings (SSSR count). The van der Waals surface area contributed by atoms with Crippen molar-refractivity contribution >= 4 is 5.97 Å². The number of hydrogen-bond donors (Lipinski definition) is 12. The Bertz CT molecular complexity index is 1590. The summed E-state index contributed by atoms with van der Waals surface area (Å²) in [4.78, 5) is 13.1. The fourth-order valence-corrected chi connectivity index (χ4v) is 13.8. The highest BCUT2D eigenvalue weighted by atomic mass is 16.7. The summed E-state index contributed by atoms with van der Waals surface area (Å²) in [5, 5.41) is 131. The van der Waals surface area contributed by atoms with Gasteiger partial charge in [0.1, 0.15) is 54.2 Å². The number of carbonyl (C=O) groups is 1. The molecule has 5 aliphatic carbocycles. The summed E-state index contributed by atoms with van der Waals surface area (Å²) in [5.41, 5.74) is -3.59. The van der Waals surface area contributed by atoms with Crippen molar-refractivity contribution in [3.05, 3.63) is 11.6 Å². The molecule has 2 saturated heterocycles. The zero-order valence-corrected chi connectivity index (χ0v) is 34.7. The lowest BCUT2D eigenvalue weighted by Crippen LogP contribution is -2.71. The lowest BCUT2D eigenvalue weighted by molar-refractivity contribution is -0.358. The maximum Gasteiger partial charge on any atom is 0.312 e. The van der Waals surface area contributed by atoms with Gasteiger partial charge in [-0.1, -0.05) is 46.3 Å². The van der Waals surface area contributed by atoms with Crippen LogP contribution in [0.4, 0.5) is 0 Å². The Morgan fingerprint density at radius 1 is 0.746 bits per heavy atom. The van der Waals surface area contributed by atoms with Gasteiger partial charge in [0.05, 0.1) is 44.7 Å². The van der Waals surface area contributed by atoms with E-state index in [-0.39, 0.29) is 30.1 Å². The first kappa shape index (κ1) is 45.6. The molecule has 12 N–H and O–H groups in total. The molecule has 20 unspecified atom stereocenters. The highest BCUT2D eigenvalue weighted by Gasteiger charge is 2.73. The molecule has 0 amide bonds. The van der Waals surface area contributed by atoms with Gasteiger partial charge in [-0.05, 0) is 90.8 Å². The Labute approximate surface area is 344 Å². The molecular formula is C42H68O17. The van der Waals surface area contributed by atoms with E-state index in [1.54, 1.807) is 0 Å². The molecule has 0 aromatic heterocycles. The average Bonchev–Trinajstić information content (AvgIpc) is 3.17. The first-order valence-electron chi connectivity index (χ1n) is 21.3. The van der Waals surface area contributed by atoms with Crippen LogP contribution in [-0.4, -0.2) is 173 Å². The van der Waals surface area contributed by atoms with Crippen LogP contribution in [0.2, 0.25) is 0 Å². The van der Waals surface area contributed by atoms with Gasteiger partial charge < -0.3 is 80.2 Å². The van der Waals surface area contributed by atoms with E-state index in [0.717, 1.165) is 5.57 Å². The van der Waals surface area contributed by atoms with Crippen molar-refractivity contribution in [1.29, 1.82) is 0 Å². The highest BCUT2D eigenvalue weighted by molar-refractivity contribution is 5.77. The zero-order chi connectivity index (χ0) is 43.4. The molecule has 2 heterocycles. The highest BCUT2D eigenvalue weighted by Crippen LogP contribution is 2.76.